The molecule has 0 N–H and O–H groups in total. The second-order valence-corrected chi connectivity index (χ2v) is 4.33. The molecule has 1 aliphatic carbocycles. The van der Waals surface area contributed by atoms with Gasteiger partial charge in [0.1, 0.15) is 0 Å². The van der Waals surface area contributed by atoms with Crippen molar-refractivity contribution in [1.82, 2.24) is 0 Å². The number of allylic oxidation sites excluding steroid dienone is 13. The van der Waals surface area contributed by atoms with Gasteiger partial charge in [0.15, 0.2) is 5.78 Å². The van der Waals surface area contributed by atoms with E-state index in [1.165, 1.54) is 0 Å². The van der Waals surface area contributed by atoms with E-state index in [0.717, 1.165) is 5.57 Å². The van der Waals surface area contributed by atoms with Gasteiger partial charge >= 0.3 is 0 Å². The molecule has 1 heteroatoms. The quantitative estimate of drug-likeness (QED) is 0.520. The van der Waals surface area contributed by atoms with Gasteiger partial charge in [0.2, 0.25) is 0 Å². The molecule has 0 bridgehead atoms. The minimum atomic E-state index is -0.0198. The van der Waals surface area contributed by atoms with Gasteiger partial charge in [-0.3, -0.25) is 4.79 Å². The van der Waals surface area contributed by atoms with Gasteiger partial charge in [-0.15, -0.1) is 0 Å². The summed E-state index contributed by atoms with van der Waals surface area (Å²) in [4.78, 5) is 12.0. The summed E-state index contributed by atoms with van der Waals surface area (Å²) in [5, 5.41) is 0. The average Bonchev–Trinajstić information content (AvgIpc) is 2.60. The Bertz CT molecular complexity index is 508. The normalized spacial score (nSPS) is 19.8. The van der Waals surface area contributed by atoms with Crippen LogP contribution in [0.15, 0.2) is 84.6 Å². The average molecular weight is 252 g/mol. The molecule has 0 fully saturated rings. The van der Waals surface area contributed by atoms with E-state index in [0.29, 0.717) is 11.5 Å². The van der Waals surface area contributed by atoms with Crippen molar-refractivity contribution in [2.24, 2.45) is 5.92 Å². The molecule has 1 nitrogen and oxygen atoms in total. The Morgan fingerprint density at radius 2 is 2.11 bits per heavy atom. The number of carbonyl (C=O) groups excluding carboxylic acids is 1. The molecule has 0 aliphatic heterocycles. The van der Waals surface area contributed by atoms with E-state index in [4.69, 9.17) is 0 Å². The molecule has 0 saturated heterocycles. The van der Waals surface area contributed by atoms with Crippen molar-refractivity contribution in [3.8, 4) is 0 Å². The minimum Gasteiger partial charge on any atom is -0.289 e. The Kier molecular flexibility index (Phi) is 6.31. The highest BCUT2D eigenvalue weighted by Gasteiger charge is 2.01. The van der Waals surface area contributed by atoms with Gasteiger partial charge < -0.3 is 0 Å². The molecule has 0 amide bonds. The maximum Gasteiger partial charge on any atom is 0.185 e. The van der Waals surface area contributed by atoms with Crippen LogP contribution in [0, 0.1) is 5.92 Å². The molecule has 98 valence electrons. The lowest BCUT2D eigenvalue weighted by atomic mass is 10.1. The highest BCUT2D eigenvalue weighted by molar-refractivity contribution is 6.06. The molecule has 0 aromatic heterocycles. The van der Waals surface area contributed by atoms with E-state index in [2.05, 4.69) is 25.7 Å². The highest BCUT2D eigenvalue weighted by atomic mass is 16.1. The van der Waals surface area contributed by atoms with E-state index in [1.807, 2.05) is 37.3 Å². The van der Waals surface area contributed by atoms with Crippen LogP contribution in [0.3, 0.4) is 0 Å². The molecule has 19 heavy (non-hydrogen) atoms. The Morgan fingerprint density at radius 1 is 1.32 bits per heavy atom. The van der Waals surface area contributed by atoms with Crippen molar-refractivity contribution in [2.45, 2.75) is 13.8 Å². The zero-order valence-electron chi connectivity index (χ0n) is 11.5. The summed E-state index contributed by atoms with van der Waals surface area (Å²) in [7, 11) is 0. The van der Waals surface area contributed by atoms with Gasteiger partial charge in [-0.2, -0.15) is 0 Å². The largest absolute Gasteiger partial charge is 0.289 e. The van der Waals surface area contributed by atoms with E-state index >= 15 is 0 Å². The lowest BCUT2D eigenvalue weighted by Gasteiger charge is -1.96. The van der Waals surface area contributed by atoms with Crippen LogP contribution in [0.4, 0.5) is 0 Å². The van der Waals surface area contributed by atoms with Crippen LogP contribution < -0.4 is 0 Å². The van der Waals surface area contributed by atoms with Crippen molar-refractivity contribution in [1.29, 1.82) is 0 Å². The summed E-state index contributed by atoms with van der Waals surface area (Å²) in [5.41, 5.74) is 1.66. The molecule has 0 aromatic rings. The molecule has 1 rings (SSSR count). The number of carbonyl (C=O) groups is 1. The van der Waals surface area contributed by atoms with Crippen molar-refractivity contribution < 1.29 is 4.79 Å². The van der Waals surface area contributed by atoms with E-state index < -0.39 is 0 Å². The predicted octanol–water partition coefficient (Wildman–Crippen LogP) is 4.49. The first-order valence-corrected chi connectivity index (χ1v) is 6.42. The van der Waals surface area contributed by atoms with E-state index in [-0.39, 0.29) is 5.78 Å². The maximum atomic E-state index is 12.0. The zero-order chi connectivity index (χ0) is 14.1. The fourth-order valence-corrected chi connectivity index (χ4v) is 1.63. The maximum absolute atomic E-state index is 12.0. The van der Waals surface area contributed by atoms with Crippen molar-refractivity contribution in [3.63, 3.8) is 0 Å². The SMILES string of the molecule is C=C/C=C(\C=C/C)C(=O)/C=C/C1=CC=CC(C)C=C1. The third kappa shape index (κ3) is 5.35. The molecule has 0 radical (unpaired) electrons. The van der Waals surface area contributed by atoms with Crippen LogP contribution in [0.1, 0.15) is 13.8 Å². The summed E-state index contributed by atoms with van der Waals surface area (Å²) in [6, 6.07) is 0. The lowest BCUT2D eigenvalue weighted by molar-refractivity contribution is -0.111. The smallest absolute Gasteiger partial charge is 0.185 e. The number of hydrogen-bond acceptors (Lipinski definition) is 1. The molecule has 0 spiro atoms. The van der Waals surface area contributed by atoms with Crippen LogP contribution in [0.25, 0.3) is 0 Å². The molecule has 1 atom stereocenters. The lowest BCUT2D eigenvalue weighted by Crippen LogP contribution is -1.95. The molecular weight excluding hydrogens is 232 g/mol. The van der Waals surface area contributed by atoms with Crippen LogP contribution >= 0.6 is 0 Å². The number of rotatable bonds is 5. The fraction of sp³-hybridized carbons (Fsp3) is 0.167. The predicted molar refractivity (Wildman–Crippen MR) is 82.8 cm³/mol. The number of ketones is 1. The summed E-state index contributed by atoms with van der Waals surface area (Å²) in [5.74, 6) is 0.408. The van der Waals surface area contributed by atoms with Crippen molar-refractivity contribution in [2.75, 3.05) is 0 Å². The molecule has 0 aromatic carbocycles. The molecule has 1 unspecified atom stereocenters. The summed E-state index contributed by atoms with van der Waals surface area (Å²) < 4.78 is 0. The van der Waals surface area contributed by atoms with Gasteiger partial charge in [0, 0.05) is 5.57 Å². The topological polar surface area (TPSA) is 17.1 Å². The molecule has 0 heterocycles. The van der Waals surface area contributed by atoms with Gasteiger partial charge in [-0.25, -0.2) is 0 Å². The van der Waals surface area contributed by atoms with Gasteiger partial charge in [-0.05, 0) is 24.5 Å². The molecule has 0 saturated carbocycles. The minimum absolute atomic E-state index is 0.0198. The molecule has 1 aliphatic rings. The third-order valence-corrected chi connectivity index (χ3v) is 2.65. The second-order valence-electron chi connectivity index (χ2n) is 4.33. The standard InChI is InChI=1S/C18H20O/c1-4-7-17(8-5-2)18(19)14-13-16-10-6-9-15(3)11-12-16/h4-15H,1H2,2-3H3/b8-5-,14-13+,17-7+. The van der Waals surface area contributed by atoms with Crippen LogP contribution in [-0.4, -0.2) is 5.78 Å². The summed E-state index contributed by atoms with van der Waals surface area (Å²) in [6.07, 6.45) is 20.7. The first-order chi connectivity index (χ1) is 9.17. The Labute approximate surface area is 115 Å². The highest BCUT2D eigenvalue weighted by Crippen LogP contribution is 2.11. The Balaban J connectivity index is 2.81. The Hall–Kier alpha value is -2.15. The Morgan fingerprint density at radius 3 is 2.79 bits per heavy atom. The van der Waals surface area contributed by atoms with Gasteiger partial charge in [0.05, 0.1) is 0 Å². The van der Waals surface area contributed by atoms with Gasteiger partial charge in [0.25, 0.3) is 0 Å². The first kappa shape index (κ1) is 14.9. The molecular formula is C18H20O. The summed E-state index contributed by atoms with van der Waals surface area (Å²) >= 11 is 0. The third-order valence-electron chi connectivity index (χ3n) is 2.65. The first-order valence-electron chi connectivity index (χ1n) is 6.42. The zero-order valence-corrected chi connectivity index (χ0v) is 11.5. The summed E-state index contributed by atoms with van der Waals surface area (Å²) in [6.45, 7) is 7.62. The van der Waals surface area contributed by atoms with E-state index in [1.54, 1.807) is 24.3 Å². The van der Waals surface area contributed by atoms with Crippen molar-refractivity contribution >= 4 is 5.78 Å². The van der Waals surface area contributed by atoms with Crippen LogP contribution in [0.2, 0.25) is 0 Å². The van der Waals surface area contributed by atoms with Crippen LogP contribution in [0.5, 0.6) is 0 Å². The number of hydrogen-bond donors (Lipinski definition) is 0. The van der Waals surface area contributed by atoms with Crippen molar-refractivity contribution in [3.05, 3.63) is 84.6 Å². The second kappa shape index (κ2) is 8.04. The fourth-order valence-electron chi connectivity index (χ4n) is 1.63. The van der Waals surface area contributed by atoms with Crippen LogP contribution in [-0.2, 0) is 4.79 Å². The van der Waals surface area contributed by atoms with E-state index in [9.17, 15) is 4.79 Å². The van der Waals surface area contributed by atoms with Gasteiger partial charge in [-0.1, -0.05) is 74.3 Å². The monoisotopic (exact) mass is 252 g/mol.